The number of hydrogen-bond donors (Lipinski definition) is 1. The van der Waals surface area contributed by atoms with Gasteiger partial charge in [0.25, 0.3) is 5.91 Å². The first-order valence-electron chi connectivity index (χ1n) is 6.97. The Morgan fingerprint density at radius 3 is 2.86 bits per heavy atom. The fourth-order valence-electron chi connectivity index (χ4n) is 3.38. The van der Waals surface area contributed by atoms with Crippen LogP contribution in [0.5, 0.6) is 0 Å². The predicted octanol–water partition coefficient (Wildman–Crippen LogP) is 2.19. The molecule has 0 aliphatic carbocycles. The highest BCUT2D eigenvalue weighted by molar-refractivity contribution is 6.30. The lowest BCUT2D eigenvalue weighted by Gasteiger charge is -2.42. The number of nitrogens with one attached hydrogen (secondary N) is 1. The molecule has 21 heavy (non-hydrogen) atoms. The summed E-state index contributed by atoms with van der Waals surface area (Å²) in [5.74, 6) is 0.0681. The second-order valence-electron chi connectivity index (χ2n) is 5.46. The number of nitrogens with zero attached hydrogens (tertiary/aromatic N) is 2. The zero-order valence-electron chi connectivity index (χ0n) is 11.3. The van der Waals surface area contributed by atoms with Gasteiger partial charge in [0, 0.05) is 42.5 Å². The topological polar surface area (TPSA) is 45.2 Å². The van der Waals surface area contributed by atoms with E-state index in [9.17, 15) is 4.79 Å². The number of rotatable bonds is 1. The van der Waals surface area contributed by atoms with Gasteiger partial charge in [-0.3, -0.25) is 15.1 Å². The largest absolute Gasteiger partial charge is 0.315 e. The minimum Gasteiger partial charge on any atom is -0.315 e. The molecular formula is C16H14ClN3O. The molecule has 1 amide bonds. The summed E-state index contributed by atoms with van der Waals surface area (Å²) in [4.78, 5) is 18.9. The summed E-state index contributed by atoms with van der Waals surface area (Å²) in [6, 6.07) is 9.52. The maximum Gasteiger partial charge on any atom is 0.256 e. The van der Waals surface area contributed by atoms with Crippen molar-refractivity contribution in [3.8, 4) is 0 Å². The molecule has 0 radical (unpaired) electrons. The van der Waals surface area contributed by atoms with Crippen molar-refractivity contribution >= 4 is 17.5 Å². The van der Waals surface area contributed by atoms with Gasteiger partial charge in [-0.25, -0.2) is 0 Å². The molecule has 106 valence electrons. The molecule has 1 fully saturated rings. The zero-order valence-corrected chi connectivity index (χ0v) is 12.1. The van der Waals surface area contributed by atoms with E-state index in [1.54, 1.807) is 12.4 Å². The lowest BCUT2D eigenvalue weighted by molar-refractivity contribution is 0.0503. The van der Waals surface area contributed by atoms with E-state index in [2.05, 4.69) is 10.3 Å². The van der Waals surface area contributed by atoms with Crippen LogP contribution in [-0.2, 0) is 12.1 Å². The quantitative estimate of drug-likeness (QED) is 0.878. The molecule has 4 nitrogen and oxygen atoms in total. The number of pyridine rings is 1. The van der Waals surface area contributed by atoms with Crippen LogP contribution in [0.15, 0.2) is 42.7 Å². The molecule has 1 aromatic heterocycles. The third-order valence-electron chi connectivity index (χ3n) is 4.36. The Balaban J connectivity index is 1.88. The number of carbonyl (C=O) groups excluding carboxylic acids is 1. The maximum absolute atomic E-state index is 12.8. The molecule has 1 aromatic carbocycles. The number of aromatic nitrogens is 1. The smallest absolute Gasteiger partial charge is 0.256 e. The predicted molar refractivity (Wildman–Crippen MR) is 80.1 cm³/mol. The molecule has 5 heteroatoms. The SMILES string of the molecule is O=C1c2ccncc2CC2(c3ccc(Cl)cc3)NCCN12. The van der Waals surface area contributed by atoms with Gasteiger partial charge in [0.05, 0.1) is 0 Å². The van der Waals surface area contributed by atoms with E-state index < -0.39 is 5.66 Å². The van der Waals surface area contributed by atoms with Gasteiger partial charge in [-0.05, 0) is 29.3 Å². The summed E-state index contributed by atoms with van der Waals surface area (Å²) in [6.45, 7) is 1.50. The van der Waals surface area contributed by atoms with Crippen LogP contribution in [0.25, 0.3) is 0 Å². The first-order valence-corrected chi connectivity index (χ1v) is 7.34. The van der Waals surface area contributed by atoms with E-state index in [4.69, 9.17) is 11.6 Å². The lowest BCUT2D eigenvalue weighted by Crippen LogP contribution is -2.55. The second kappa shape index (κ2) is 4.55. The number of hydrogen-bond acceptors (Lipinski definition) is 3. The molecule has 2 aliphatic rings. The molecule has 4 rings (SSSR count). The van der Waals surface area contributed by atoms with Gasteiger partial charge in [0.1, 0.15) is 5.66 Å². The van der Waals surface area contributed by atoms with E-state index in [1.807, 2.05) is 35.2 Å². The van der Waals surface area contributed by atoms with Gasteiger partial charge in [0.15, 0.2) is 0 Å². The Morgan fingerprint density at radius 2 is 2.05 bits per heavy atom. The van der Waals surface area contributed by atoms with Gasteiger partial charge < -0.3 is 4.90 Å². The van der Waals surface area contributed by atoms with Crippen LogP contribution >= 0.6 is 11.6 Å². The highest BCUT2D eigenvalue weighted by Gasteiger charge is 2.48. The van der Waals surface area contributed by atoms with Gasteiger partial charge in [0.2, 0.25) is 0 Å². The first-order chi connectivity index (χ1) is 10.2. The summed E-state index contributed by atoms with van der Waals surface area (Å²) in [7, 11) is 0. The second-order valence-corrected chi connectivity index (χ2v) is 5.90. The summed E-state index contributed by atoms with van der Waals surface area (Å²) in [6.07, 6.45) is 4.20. The number of fused-ring (bicyclic) bond motifs is 2. The number of amides is 1. The van der Waals surface area contributed by atoms with Crippen LogP contribution in [0.2, 0.25) is 5.02 Å². The summed E-state index contributed by atoms with van der Waals surface area (Å²) < 4.78 is 0. The number of carbonyl (C=O) groups is 1. The van der Waals surface area contributed by atoms with Crippen molar-refractivity contribution in [2.24, 2.45) is 0 Å². The van der Waals surface area contributed by atoms with E-state index in [-0.39, 0.29) is 5.91 Å². The van der Waals surface area contributed by atoms with Crippen LogP contribution in [0.4, 0.5) is 0 Å². The fraction of sp³-hybridized carbons (Fsp3) is 0.250. The van der Waals surface area contributed by atoms with Crippen LogP contribution in [0, 0.1) is 0 Å². The van der Waals surface area contributed by atoms with Crippen LogP contribution in [0.3, 0.4) is 0 Å². The Hall–Kier alpha value is -1.91. The van der Waals surface area contributed by atoms with Gasteiger partial charge in [-0.2, -0.15) is 0 Å². The molecule has 1 unspecified atom stereocenters. The van der Waals surface area contributed by atoms with Gasteiger partial charge in [-0.1, -0.05) is 23.7 Å². The Labute approximate surface area is 127 Å². The molecule has 2 aliphatic heterocycles. The standard InChI is InChI=1S/C16H14ClN3O/c17-13-3-1-12(2-4-13)16-9-11-10-18-6-5-14(11)15(21)20(16)8-7-19-16/h1-6,10,19H,7-9H2. The Kier molecular flexibility index (Phi) is 2.77. The summed E-state index contributed by atoms with van der Waals surface area (Å²) in [5.41, 5.74) is 2.34. The Morgan fingerprint density at radius 1 is 1.24 bits per heavy atom. The van der Waals surface area contributed by atoms with E-state index in [1.165, 1.54) is 0 Å². The number of benzene rings is 1. The Bertz CT molecular complexity index is 716. The van der Waals surface area contributed by atoms with Gasteiger partial charge >= 0.3 is 0 Å². The fourth-order valence-corrected chi connectivity index (χ4v) is 3.50. The monoisotopic (exact) mass is 299 g/mol. The molecule has 2 aromatic rings. The van der Waals surface area contributed by atoms with Crippen LogP contribution in [-0.4, -0.2) is 28.9 Å². The third-order valence-corrected chi connectivity index (χ3v) is 4.61. The average molecular weight is 300 g/mol. The van der Waals surface area contributed by atoms with Crippen molar-refractivity contribution in [3.63, 3.8) is 0 Å². The van der Waals surface area contributed by atoms with Gasteiger partial charge in [-0.15, -0.1) is 0 Å². The summed E-state index contributed by atoms with van der Waals surface area (Å²) in [5, 5.41) is 4.21. The third kappa shape index (κ3) is 1.79. The zero-order chi connectivity index (χ0) is 14.4. The highest BCUT2D eigenvalue weighted by atomic mass is 35.5. The van der Waals surface area contributed by atoms with Crippen LogP contribution in [0.1, 0.15) is 21.5 Å². The van der Waals surface area contributed by atoms with E-state index in [0.717, 1.165) is 29.7 Å². The molecule has 3 heterocycles. The minimum absolute atomic E-state index is 0.0681. The van der Waals surface area contributed by atoms with Crippen LogP contribution < -0.4 is 5.32 Å². The summed E-state index contributed by atoms with van der Waals surface area (Å²) >= 11 is 5.99. The molecule has 0 saturated carbocycles. The van der Waals surface area contributed by atoms with Crippen molar-refractivity contribution in [1.29, 1.82) is 0 Å². The highest BCUT2D eigenvalue weighted by Crippen LogP contribution is 2.39. The first kappa shape index (κ1) is 12.8. The molecule has 1 N–H and O–H groups in total. The van der Waals surface area contributed by atoms with Crippen molar-refractivity contribution < 1.29 is 4.79 Å². The molecular weight excluding hydrogens is 286 g/mol. The molecule has 0 spiro atoms. The van der Waals surface area contributed by atoms with Crippen molar-refractivity contribution in [2.75, 3.05) is 13.1 Å². The van der Waals surface area contributed by atoms with Crippen molar-refractivity contribution in [2.45, 2.75) is 12.1 Å². The van der Waals surface area contributed by atoms with Crippen molar-refractivity contribution in [3.05, 3.63) is 64.4 Å². The average Bonchev–Trinajstić information content (AvgIpc) is 2.93. The molecule has 1 saturated heterocycles. The minimum atomic E-state index is -0.474. The molecule has 1 atom stereocenters. The number of halogens is 1. The van der Waals surface area contributed by atoms with Crippen molar-refractivity contribution in [1.82, 2.24) is 15.2 Å². The van der Waals surface area contributed by atoms with E-state index >= 15 is 0 Å². The normalized spacial score (nSPS) is 23.9. The maximum atomic E-state index is 12.8. The molecule has 0 bridgehead atoms. The lowest BCUT2D eigenvalue weighted by atomic mass is 9.86. The van der Waals surface area contributed by atoms with E-state index in [0.29, 0.717) is 11.6 Å².